The minimum atomic E-state index is -0.690. The number of ether oxygens (including phenoxy) is 1. The van der Waals surface area contributed by atoms with E-state index in [9.17, 15) is 19.2 Å². The molecule has 1 aliphatic heterocycles. The molecule has 25 heavy (non-hydrogen) atoms. The molecule has 1 heterocycles. The summed E-state index contributed by atoms with van der Waals surface area (Å²) < 4.78 is 4.71. The first-order valence-electron chi connectivity index (χ1n) is 7.79. The number of nitrogens with one attached hydrogen (secondary N) is 1. The number of methoxy groups -OCH3 is 1. The number of nitrogens with zero attached hydrogens (tertiary/aromatic N) is 1. The van der Waals surface area contributed by atoms with Crippen LogP contribution in [0.15, 0.2) is 33.9 Å². The van der Waals surface area contributed by atoms with E-state index < -0.39 is 28.8 Å². The van der Waals surface area contributed by atoms with Gasteiger partial charge in [-0.15, -0.1) is 0 Å². The summed E-state index contributed by atoms with van der Waals surface area (Å²) in [6.07, 6.45) is 1.23. The molecule has 3 rings (SSSR count). The van der Waals surface area contributed by atoms with E-state index in [-0.39, 0.29) is 16.9 Å². The summed E-state index contributed by atoms with van der Waals surface area (Å²) in [7, 11) is 1.25. The summed E-state index contributed by atoms with van der Waals surface area (Å²) >= 11 is 0. The maximum atomic E-state index is 12.1. The Morgan fingerprint density at radius 1 is 1.24 bits per heavy atom. The van der Waals surface area contributed by atoms with Crippen molar-refractivity contribution in [3.05, 3.63) is 50.3 Å². The number of anilines is 3. The van der Waals surface area contributed by atoms with E-state index >= 15 is 0 Å². The lowest BCUT2D eigenvalue weighted by atomic mass is 10.1. The van der Waals surface area contributed by atoms with Crippen LogP contribution in [0.25, 0.3) is 0 Å². The van der Waals surface area contributed by atoms with Crippen LogP contribution in [0.2, 0.25) is 0 Å². The Bertz CT molecular complexity index is 913. The Balaban J connectivity index is 1.98. The Kier molecular flexibility index (Phi) is 4.26. The van der Waals surface area contributed by atoms with Gasteiger partial charge in [0.1, 0.15) is 17.4 Å². The molecule has 8 heteroatoms. The number of para-hydroxylation sites is 1. The molecule has 1 amide bonds. The molecule has 0 saturated carbocycles. The number of esters is 1. The highest BCUT2D eigenvalue weighted by atomic mass is 16.5. The molecule has 0 aromatic heterocycles. The van der Waals surface area contributed by atoms with Crippen molar-refractivity contribution in [1.82, 2.24) is 0 Å². The summed E-state index contributed by atoms with van der Waals surface area (Å²) in [5.41, 5.74) is 4.82. The zero-order chi connectivity index (χ0) is 18.1. The SMILES string of the molecule is COC(=O)c1ccccc1Nc1c(N2CCC[C@@H]2C(N)=O)c(=O)c1=O. The van der Waals surface area contributed by atoms with Gasteiger partial charge in [-0.3, -0.25) is 14.4 Å². The zero-order valence-electron chi connectivity index (χ0n) is 13.6. The van der Waals surface area contributed by atoms with Crippen molar-refractivity contribution in [1.29, 1.82) is 0 Å². The second-order valence-corrected chi connectivity index (χ2v) is 5.80. The highest BCUT2D eigenvalue weighted by Gasteiger charge is 2.36. The monoisotopic (exact) mass is 343 g/mol. The van der Waals surface area contributed by atoms with Gasteiger partial charge in [0.25, 0.3) is 10.9 Å². The Morgan fingerprint density at radius 2 is 1.96 bits per heavy atom. The predicted molar refractivity (Wildman–Crippen MR) is 92.0 cm³/mol. The van der Waals surface area contributed by atoms with Crippen molar-refractivity contribution in [2.45, 2.75) is 18.9 Å². The number of amides is 1. The van der Waals surface area contributed by atoms with Crippen molar-refractivity contribution in [2.24, 2.45) is 5.73 Å². The van der Waals surface area contributed by atoms with Crippen LogP contribution in [0.3, 0.4) is 0 Å². The van der Waals surface area contributed by atoms with Crippen LogP contribution in [0.5, 0.6) is 0 Å². The molecule has 1 saturated heterocycles. The van der Waals surface area contributed by atoms with Gasteiger partial charge in [0, 0.05) is 6.54 Å². The summed E-state index contributed by atoms with van der Waals surface area (Å²) in [5.74, 6) is -1.11. The Labute approximate surface area is 142 Å². The minimum Gasteiger partial charge on any atom is -0.465 e. The molecular weight excluding hydrogens is 326 g/mol. The molecule has 2 aromatic carbocycles. The average Bonchev–Trinajstić information content (AvgIpc) is 3.09. The van der Waals surface area contributed by atoms with E-state index in [4.69, 9.17) is 10.5 Å². The number of carbonyl (C=O) groups excluding carboxylic acids is 2. The molecule has 3 N–H and O–H groups in total. The molecule has 8 nitrogen and oxygen atoms in total. The zero-order valence-corrected chi connectivity index (χ0v) is 13.6. The Hall–Kier alpha value is -3.16. The fourth-order valence-corrected chi connectivity index (χ4v) is 3.11. The van der Waals surface area contributed by atoms with Gasteiger partial charge in [-0.1, -0.05) is 12.1 Å². The van der Waals surface area contributed by atoms with Crippen LogP contribution in [0, 0.1) is 0 Å². The van der Waals surface area contributed by atoms with Gasteiger partial charge in [0.2, 0.25) is 5.91 Å². The second-order valence-electron chi connectivity index (χ2n) is 5.80. The molecule has 130 valence electrons. The van der Waals surface area contributed by atoms with Crippen molar-refractivity contribution < 1.29 is 14.3 Å². The lowest BCUT2D eigenvalue weighted by molar-refractivity contribution is -0.119. The maximum absolute atomic E-state index is 12.1. The molecular formula is C17H17N3O5. The summed E-state index contributed by atoms with van der Waals surface area (Å²) in [4.78, 5) is 49.1. The van der Waals surface area contributed by atoms with E-state index in [0.717, 1.165) is 0 Å². The number of hydrogen-bond donors (Lipinski definition) is 2. The number of nitrogens with two attached hydrogens (primary N) is 1. The lowest BCUT2D eigenvalue weighted by Crippen LogP contribution is -2.48. The van der Waals surface area contributed by atoms with E-state index in [2.05, 4.69) is 5.32 Å². The van der Waals surface area contributed by atoms with E-state index in [1.165, 1.54) is 7.11 Å². The fraction of sp³-hybridized carbons (Fsp3) is 0.294. The van der Waals surface area contributed by atoms with E-state index in [0.29, 0.717) is 25.1 Å². The molecule has 1 fully saturated rings. The largest absolute Gasteiger partial charge is 0.465 e. The first-order chi connectivity index (χ1) is 12.0. The number of carbonyl (C=O) groups is 2. The molecule has 1 atom stereocenters. The van der Waals surface area contributed by atoms with Crippen molar-refractivity contribution in [3.8, 4) is 0 Å². The third-order valence-electron chi connectivity index (χ3n) is 4.35. The standard InChI is InChI=1S/C17H17N3O5/c1-25-17(24)9-5-2-3-6-10(9)19-12-13(15(22)14(12)21)20-8-4-7-11(20)16(18)23/h2-3,5-6,11,19H,4,7-8H2,1H3,(H2,18,23)/t11-/m1/s1. The average molecular weight is 343 g/mol. The van der Waals surface area contributed by atoms with Crippen LogP contribution < -0.4 is 26.8 Å². The van der Waals surface area contributed by atoms with Crippen LogP contribution in [0.1, 0.15) is 23.2 Å². The van der Waals surface area contributed by atoms with Crippen LogP contribution in [-0.2, 0) is 9.53 Å². The number of rotatable bonds is 5. The smallest absolute Gasteiger partial charge is 0.339 e. The molecule has 0 unspecified atom stereocenters. The topological polar surface area (TPSA) is 119 Å². The van der Waals surface area contributed by atoms with Crippen LogP contribution >= 0.6 is 0 Å². The highest BCUT2D eigenvalue weighted by molar-refractivity contribution is 5.97. The predicted octanol–water partition coefficient (Wildman–Crippen LogP) is 0.267. The van der Waals surface area contributed by atoms with Crippen molar-refractivity contribution >= 4 is 28.9 Å². The third-order valence-corrected chi connectivity index (χ3v) is 4.35. The van der Waals surface area contributed by atoms with Gasteiger partial charge in [-0.2, -0.15) is 0 Å². The second kappa shape index (κ2) is 6.39. The number of benzene rings is 1. The quantitative estimate of drug-likeness (QED) is 0.590. The third kappa shape index (κ3) is 2.75. The fourth-order valence-electron chi connectivity index (χ4n) is 3.11. The molecule has 0 bridgehead atoms. The van der Waals surface area contributed by atoms with Gasteiger partial charge < -0.3 is 20.7 Å². The number of primary amides is 1. The van der Waals surface area contributed by atoms with Gasteiger partial charge in [0.15, 0.2) is 0 Å². The summed E-state index contributed by atoms with van der Waals surface area (Å²) in [5, 5.41) is 2.84. The molecule has 1 aliphatic rings. The summed E-state index contributed by atoms with van der Waals surface area (Å²) in [6.45, 7) is 0.464. The number of hydrogen-bond acceptors (Lipinski definition) is 7. The first kappa shape index (κ1) is 16.7. The van der Waals surface area contributed by atoms with Crippen molar-refractivity contribution in [2.75, 3.05) is 23.9 Å². The summed E-state index contributed by atoms with van der Waals surface area (Å²) in [6, 6.07) is 5.87. The van der Waals surface area contributed by atoms with Gasteiger partial charge in [-0.05, 0) is 25.0 Å². The van der Waals surface area contributed by atoms with Crippen LogP contribution in [-0.4, -0.2) is 31.6 Å². The van der Waals surface area contributed by atoms with Crippen LogP contribution in [0.4, 0.5) is 17.1 Å². The van der Waals surface area contributed by atoms with Crippen molar-refractivity contribution in [3.63, 3.8) is 0 Å². The molecule has 2 aromatic rings. The maximum Gasteiger partial charge on any atom is 0.339 e. The molecule has 0 radical (unpaired) electrons. The molecule has 0 aliphatic carbocycles. The van der Waals surface area contributed by atoms with E-state index in [1.807, 2.05) is 0 Å². The highest BCUT2D eigenvalue weighted by Crippen LogP contribution is 2.31. The molecule has 0 spiro atoms. The van der Waals surface area contributed by atoms with Gasteiger partial charge >= 0.3 is 5.97 Å². The lowest BCUT2D eigenvalue weighted by Gasteiger charge is -2.27. The van der Waals surface area contributed by atoms with Gasteiger partial charge in [-0.25, -0.2) is 4.79 Å². The Morgan fingerprint density at radius 3 is 2.64 bits per heavy atom. The van der Waals surface area contributed by atoms with E-state index in [1.54, 1.807) is 29.2 Å². The normalized spacial score (nSPS) is 16.8. The first-order valence-corrected chi connectivity index (χ1v) is 7.79. The minimum absolute atomic E-state index is 0.0644. The van der Waals surface area contributed by atoms with Gasteiger partial charge in [0.05, 0.1) is 18.4 Å².